The van der Waals surface area contributed by atoms with Crippen LogP contribution < -0.4 is 11.1 Å². The molecule has 3 aromatic rings. The third-order valence-electron chi connectivity index (χ3n) is 3.74. The van der Waals surface area contributed by atoms with Crippen LogP contribution in [0.5, 0.6) is 0 Å². The predicted molar refractivity (Wildman–Crippen MR) is 115 cm³/mol. The lowest BCUT2D eigenvalue weighted by Crippen LogP contribution is -2.19. The lowest BCUT2D eigenvalue weighted by atomic mass is 10.2. The number of hydrogen-bond donors (Lipinski definition) is 2. The maximum atomic E-state index is 11.9. The molecular formula is C19H19IN6O2. The first-order chi connectivity index (χ1) is 13.4. The highest BCUT2D eigenvalue weighted by atomic mass is 127. The van der Waals surface area contributed by atoms with Crippen LogP contribution in [0.3, 0.4) is 0 Å². The van der Waals surface area contributed by atoms with Crippen LogP contribution in [0.1, 0.15) is 17.0 Å². The van der Waals surface area contributed by atoms with Crippen molar-refractivity contribution in [3.8, 4) is 5.82 Å². The first-order valence-corrected chi connectivity index (χ1v) is 9.51. The van der Waals surface area contributed by atoms with Crippen LogP contribution in [0.25, 0.3) is 5.82 Å². The number of nitrogens with one attached hydrogen (secondary N) is 1. The van der Waals surface area contributed by atoms with Crippen LogP contribution in [-0.4, -0.2) is 33.1 Å². The van der Waals surface area contributed by atoms with Crippen LogP contribution >= 0.6 is 22.6 Å². The van der Waals surface area contributed by atoms with Crippen molar-refractivity contribution in [1.29, 1.82) is 0 Å². The number of oxime groups is 1. The Morgan fingerprint density at radius 1 is 1.29 bits per heavy atom. The number of carbonyl (C=O) groups excluding carboxylic acids is 1. The maximum Gasteiger partial charge on any atom is 0.265 e. The standard InChI is InChI=1S/C19H19IN6O2/c1-12-8-13(2)26(24-12)17-7-6-14(10-22-17)19(21)25-28-11-18(27)23-16-5-3-4-15(20)9-16/h3-10H,11H2,1-2H3,(H2,21,25)(H,23,27). The van der Waals surface area contributed by atoms with Crippen LogP contribution in [-0.2, 0) is 9.63 Å². The molecule has 0 aliphatic carbocycles. The van der Waals surface area contributed by atoms with Crippen molar-refractivity contribution in [2.24, 2.45) is 10.9 Å². The summed E-state index contributed by atoms with van der Waals surface area (Å²) in [4.78, 5) is 21.3. The van der Waals surface area contributed by atoms with Crippen molar-refractivity contribution >= 4 is 40.0 Å². The molecule has 0 saturated heterocycles. The molecule has 28 heavy (non-hydrogen) atoms. The summed E-state index contributed by atoms with van der Waals surface area (Å²) in [6.45, 7) is 3.64. The summed E-state index contributed by atoms with van der Waals surface area (Å²) in [5, 5.41) is 10.9. The molecule has 2 aromatic heterocycles. The van der Waals surface area contributed by atoms with Gasteiger partial charge in [-0.15, -0.1) is 0 Å². The Morgan fingerprint density at radius 2 is 2.11 bits per heavy atom. The van der Waals surface area contributed by atoms with Gasteiger partial charge in [0.15, 0.2) is 18.3 Å². The van der Waals surface area contributed by atoms with E-state index in [2.05, 4.69) is 43.1 Å². The second-order valence-corrected chi connectivity index (χ2v) is 7.30. The Balaban J connectivity index is 1.57. The van der Waals surface area contributed by atoms with Gasteiger partial charge in [0.05, 0.1) is 5.69 Å². The van der Waals surface area contributed by atoms with Crippen LogP contribution in [0, 0.1) is 17.4 Å². The SMILES string of the molecule is Cc1cc(C)n(-c2ccc(C(N)=NOCC(=O)Nc3cccc(I)c3)cn2)n1. The van der Waals surface area contributed by atoms with E-state index < -0.39 is 0 Å². The molecular weight excluding hydrogens is 471 g/mol. The maximum absolute atomic E-state index is 11.9. The molecule has 3 rings (SSSR count). The Hall–Kier alpha value is -2.95. The summed E-state index contributed by atoms with van der Waals surface area (Å²) < 4.78 is 2.77. The van der Waals surface area contributed by atoms with Gasteiger partial charge in [0, 0.05) is 26.7 Å². The van der Waals surface area contributed by atoms with Crippen LogP contribution in [0.2, 0.25) is 0 Å². The van der Waals surface area contributed by atoms with Gasteiger partial charge >= 0.3 is 0 Å². The molecule has 144 valence electrons. The molecule has 3 N–H and O–H groups in total. The van der Waals surface area contributed by atoms with Crippen molar-refractivity contribution < 1.29 is 9.63 Å². The van der Waals surface area contributed by atoms with E-state index in [4.69, 9.17) is 10.6 Å². The zero-order valence-electron chi connectivity index (χ0n) is 15.4. The minimum atomic E-state index is -0.323. The average Bonchev–Trinajstić information content (AvgIpc) is 3.00. The Morgan fingerprint density at radius 3 is 2.75 bits per heavy atom. The molecule has 2 heterocycles. The van der Waals surface area contributed by atoms with Gasteiger partial charge in [-0.1, -0.05) is 11.2 Å². The Kier molecular flexibility index (Phi) is 6.24. The number of aryl methyl sites for hydroxylation is 2. The number of amidine groups is 1. The van der Waals surface area contributed by atoms with Crippen molar-refractivity contribution in [3.63, 3.8) is 0 Å². The van der Waals surface area contributed by atoms with E-state index in [9.17, 15) is 4.79 Å². The molecule has 1 amide bonds. The number of halogens is 1. The number of rotatable bonds is 6. The van der Waals surface area contributed by atoms with Crippen LogP contribution in [0.15, 0.2) is 53.8 Å². The highest BCUT2D eigenvalue weighted by Crippen LogP contribution is 2.12. The summed E-state index contributed by atoms with van der Waals surface area (Å²) in [6, 6.07) is 13.0. The van der Waals surface area contributed by atoms with E-state index in [1.807, 2.05) is 38.1 Å². The molecule has 0 unspecified atom stereocenters. The molecule has 0 fully saturated rings. The van der Waals surface area contributed by atoms with E-state index in [0.717, 1.165) is 15.0 Å². The Labute approximate surface area is 175 Å². The molecule has 0 saturated carbocycles. The third kappa shape index (κ3) is 5.06. The number of nitrogens with two attached hydrogens (primary N) is 1. The largest absolute Gasteiger partial charge is 0.384 e. The second-order valence-electron chi connectivity index (χ2n) is 6.05. The summed E-state index contributed by atoms with van der Waals surface area (Å²) in [5.41, 5.74) is 9.09. The van der Waals surface area contributed by atoms with Gasteiger partial charge in [0.1, 0.15) is 0 Å². The molecule has 0 aliphatic rings. The van der Waals surface area contributed by atoms with Crippen molar-refractivity contribution in [2.45, 2.75) is 13.8 Å². The normalized spacial score (nSPS) is 11.3. The number of nitrogens with zero attached hydrogens (tertiary/aromatic N) is 4. The van der Waals surface area contributed by atoms with E-state index in [1.54, 1.807) is 29.1 Å². The van der Waals surface area contributed by atoms with E-state index in [-0.39, 0.29) is 18.3 Å². The molecule has 0 aliphatic heterocycles. The minimum absolute atomic E-state index is 0.134. The molecule has 0 bridgehead atoms. The number of carbonyl (C=O) groups is 1. The smallest absolute Gasteiger partial charge is 0.265 e. The zero-order chi connectivity index (χ0) is 20.1. The minimum Gasteiger partial charge on any atom is -0.384 e. The van der Waals surface area contributed by atoms with Gasteiger partial charge in [-0.2, -0.15) is 5.10 Å². The lowest BCUT2D eigenvalue weighted by molar-refractivity contribution is -0.120. The monoisotopic (exact) mass is 490 g/mol. The highest BCUT2D eigenvalue weighted by Gasteiger charge is 2.07. The predicted octanol–water partition coefficient (Wildman–Crippen LogP) is 2.76. The molecule has 0 radical (unpaired) electrons. The molecule has 0 spiro atoms. The fraction of sp³-hybridized carbons (Fsp3) is 0.158. The second kappa shape index (κ2) is 8.83. The topological polar surface area (TPSA) is 107 Å². The summed E-state index contributed by atoms with van der Waals surface area (Å²) in [7, 11) is 0. The first-order valence-electron chi connectivity index (χ1n) is 8.43. The lowest BCUT2D eigenvalue weighted by Gasteiger charge is -2.06. The number of pyridine rings is 1. The highest BCUT2D eigenvalue weighted by molar-refractivity contribution is 14.1. The molecule has 8 nitrogen and oxygen atoms in total. The first kappa shape index (κ1) is 19.8. The number of benzene rings is 1. The third-order valence-corrected chi connectivity index (χ3v) is 4.41. The van der Waals surface area contributed by atoms with Crippen LogP contribution in [0.4, 0.5) is 5.69 Å². The summed E-state index contributed by atoms with van der Waals surface area (Å²) in [5.74, 6) is 0.492. The molecule has 9 heteroatoms. The molecule has 1 aromatic carbocycles. The van der Waals surface area contributed by atoms with Gasteiger partial charge in [-0.3, -0.25) is 4.79 Å². The van der Waals surface area contributed by atoms with Crippen molar-refractivity contribution in [2.75, 3.05) is 11.9 Å². The van der Waals surface area contributed by atoms with Gasteiger partial charge in [-0.05, 0) is 72.8 Å². The van der Waals surface area contributed by atoms with Gasteiger partial charge in [0.2, 0.25) is 0 Å². The van der Waals surface area contributed by atoms with E-state index >= 15 is 0 Å². The fourth-order valence-electron chi connectivity index (χ4n) is 2.50. The zero-order valence-corrected chi connectivity index (χ0v) is 17.5. The fourth-order valence-corrected chi connectivity index (χ4v) is 3.04. The van der Waals surface area contributed by atoms with Gasteiger partial charge in [0.25, 0.3) is 5.91 Å². The summed E-state index contributed by atoms with van der Waals surface area (Å²) in [6.07, 6.45) is 1.58. The van der Waals surface area contributed by atoms with Gasteiger partial charge < -0.3 is 15.9 Å². The van der Waals surface area contributed by atoms with E-state index in [0.29, 0.717) is 17.1 Å². The number of anilines is 1. The molecule has 0 atom stereocenters. The van der Waals surface area contributed by atoms with Crippen molar-refractivity contribution in [3.05, 3.63) is 69.2 Å². The number of hydrogen-bond acceptors (Lipinski definition) is 5. The number of amides is 1. The Bertz CT molecular complexity index is 1010. The number of aromatic nitrogens is 3. The summed E-state index contributed by atoms with van der Waals surface area (Å²) >= 11 is 2.17. The quantitative estimate of drug-likeness (QED) is 0.239. The van der Waals surface area contributed by atoms with E-state index in [1.165, 1.54) is 0 Å². The van der Waals surface area contributed by atoms with Gasteiger partial charge in [-0.25, -0.2) is 9.67 Å². The average molecular weight is 490 g/mol. The van der Waals surface area contributed by atoms with Crippen molar-refractivity contribution in [1.82, 2.24) is 14.8 Å².